The van der Waals surface area contributed by atoms with Crippen molar-refractivity contribution in [2.45, 2.75) is 13.8 Å². The lowest BCUT2D eigenvalue weighted by Crippen LogP contribution is -2.19. The molecule has 0 saturated carbocycles. The summed E-state index contributed by atoms with van der Waals surface area (Å²) in [5.74, 6) is 0. The molecule has 0 bridgehead atoms. The maximum atomic E-state index is 12.0. The standard InChI is InChI=1S/C18H17N3OS/c1-12-13(2)23-18(19-12)21-17(22)20-16-10-8-15(9-11-16)14-6-4-3-5-7-14/h3-11H,1-2H3,(H2,19,20,21,22). The van der Waals surface area contributed by atoms with Crippen molar-refractivity contribution in [3.63, 3.8) is 0 Å². The molecule has 0 aliphatic carbocycles. The SMILES string of the molecule is Cc1nc(NC(=O)Nc2ccc(-c3ccccc3)cc2)sc1C. The average molecular weight is 323 g/mol. The summed E-state index contributed by atoms with van der Waals surface area (Å²) < 4.78 is 0. The molecule has 0 aliphatic rings. The molecule has 5 heteroatoms. The van der Waals surface area contributed by atoms with Crippen LogP contribution in [0.5, 0.6) is 0 Å². The maximum absolute atomic E-state index is 12.0. The molecule has 2 N–H and O–H groups in total. The smallest absolute Gasteiger partial charge is 0.308 e. The van der Waals surface area contributed by atoms with E-state index in [4.69, 9.17) is 0 Å². The first-order chi connectivity index (χ1) is 11.1. The van der Waals surface area contributed by atoms with Crippen LogP contribution in [0.15, 0.2) is 54.6 Å². The van der Waals surface area contributed by atoms with Gasteiger partial charge >= 0.3 is 6.03 Å². The van der Waals surface area contributed by atoms with Crippen LogP contribution < -0.4 is 10.6 Å². The summed E-state index contributed by atoms with van der Waals surface area (Å²) in [6.45, 7) is 3.91. The molecular weight excluding hydrogens is 306 g/mol. The van der Waals surface area contributed by atoms with E-state index in [1.807, 2.05) is 56.3 Å². The summed E-state index contributed by atoms with van der Waals surface area (Å²) >= 11 is 1.47. The lowest BCUT2D eigenvalue weighted by molar-refractivity contribution is 0.262. The van der Waals surface area contributed by atoms with Gasteiger partial charge in [0.05, 0.1) is 5.69 Å². The summed E-state index contributed by atoms with van der Waals surface area (Å²) in [7, 11) is 0. The molecule has 3 rings (SSSR count). The summed E-state index contributed by atoms with van der Waals surface area (Å²) in [5.41, 5.74) is 3.95. The van der Waals surface area contributed by atoms with Crippen molar-refractivity contribution in [3.8, 4) is 11.1 Å². The number of urea groups is 1. The predicted octanol–water partition coefficient (Wildman–Crippen LogP) is 5.07. The van der Waals surface area contributed by atoms with Crippen LogP contribution in [-0.4, -0.2) is 11.0 Å². The van der Waals surface area contributed by atoms with Crippen molar-refractivity contribution in [1.29, 1.82) is 0 Å². The highest BCUT2D eigenvalue weighted by molar-refractivity contribution is 7.15. The monoisotopic (exact) mass is 323 g/mol. The molecule has 4 nitrogen and oxygen atoms in total. The fraction of sp³-hybridized carbons (Fsp3) is 0.111. The minimum Gasteiger partial charge on any atom is -0.308 e. The van der Waals surface area contributed by atoms with E-state index in [-0.39, 0.29) is 6.03 Å². The Morgan fingerprint density at radius 2 is 1.57 bits per heavy atom. The molecule has 0 radical (unpaired) electrons. The zero-order valence-corrected chi connectivity index (χ0v) is 13.8. The van der Waals surface area contributed by atoms with Gasteiger partial charge < -0.3 is 5.32 Å². The molecule has 0 atom stereocenters. The van der Waals surface area contributed by atoms with Gasteiger partial charge in [-0.2, -0.15) is 0 Å². The third-order valence-electron chi connectivity index (χ3n) is 3.50. The number of hydrogen-bond acceptors (Lipinski definition) is 3. The topological polar surface area (TPSA) is 54.0 Å². The lowest BCUT2D eigenvalue weighted by Gasteiger charge is -2.07. The van der Waals surface area contributed by atoms with Crippen LogP contribution in [0.2, 0.25) is 0 Å². The molecule has 1 aromatic heterocycles. The first-order valence-corrected chi connectivity index (χ1v) is 8.11. The van der Waals surface area contributed by atoms with Crippen molar-refractivity contribution in [1.82, 2.24) is 4.98 Å². The summed E-state index contributed by atoms with van der Waals surface area (Å²) in [4.78, 5) is 17.4. The molecular formula is C18H17N3OS. The van der Waals surface area contributed by atoms with Gasteiger partial charge in [-0.3, -0.25) is 5.32 Å². The van der Waals surface area contributed by atoms with Gasteiger partial charge in [0.25, 0.3) is 0 Å². The van der Waals surface area contributed by atoms with Crippen LogP contribution in [0.3, 0.4) is 0 Å². The normalized spacial score (nSPS) is 10.3. The van der Waals surface area contributed by atoms with Crippen molar-refractivity contribution >= 4 is 28.2 Å². The third-order valence-corrected chi connectivity index (χ3v) is 4.49. The van der Waals surface area contributed by atoms with Crippen LogP contribution in [0, 0.1) is 13.8 Å². The molecule has 0 spiro atoms. The maximum Gasteiger partial charge on any atom is 0.325 e. The number of rotatable bonds is 3. The minimum absolute atomic E-state index is 0.286. The van der Waals surface area contributed by atoms with Crippen molar-refractivity contribution < 1.29 is 4.79 Å². The Hall–Kier alpha value is -2.66. The second-order valence-electron chi connectivity index (χ2n) is 5.18. The first kappa shape index (κ1) is 15.2. The van der Waals surface area contributed by atoms with Gasteiger partial charge in [-0.1, -0.05) is 42.5 Å². The number of aryl methyl sites for hydroxylation is 2. The molecule has 23 heavy (non-hydrogen) atoms. The minimum atomic E-state index is -0.286. The van der Waals surface area contributed by atoms with Crippen LogP contribution in [0.1, 0.15) is 10.6 Å². The Labute approximate surface area is 139 Å². The van der Waals surface area contributed by atoms with E-state index in [1.165, 1.54) is 11.3 Å². The average Bonchev–Trinajstić information content (AvgIpc) is 2.86. The quantitative estimate of drug-likeness (QED) is 0.707. The lowest BCUT2D eigenvalue weighted by atomic mass is 10.1. The number of nitrogens with zero attached hydrogens (tertiary/aromatic N) is 1. The number of carbonyl (C=O) groups excluding carboxylic acids is 1. The van der Waals surface area contributed by atoms with Crippen molar-refractivity contribution in [2.75, 3.05) is 10.6 Å². The van der Waals surface area contributed by atoms with Crippen LogP contribution in [0.4, 0.5) is 15.6 Å². The van der Waals surface area contributed by atoms with Gasteiger partial charge in [-0.05, 0) is 37.1 Å². The highest BCUT2D eigenvalue weighted by Crippen LogP contribution is 2.23. The predicted molar refractivity (Wildman–Crippen MR) is 96.1 cm³/mol. The van der Waals surface area contributed by atoms with E-state index in [2.05, 4.69) is 27.8 Å². The first-order valence-electron chi connectivity index (χ1n) is 7.29. The van der Waals surface area contributed by atoms with E-state index < -0.39 is 0 Å². The van der Waals surface area contributed by atoms with Gasteiger partial charge in [0.2, 0.25) is 0 Å². The number of carbonyl (C=O) groups is 1. The Bertz CT molecular complexity index is 791. The van der Waals surface area contributed by atoms with Crippen LogP contribution in [-0.2, 0) is 0 Å². The second-order valence-corrected chi connectivity index (χ2v) is 6.39. The third kappa shape index (κ3) is 3.76. The molecule has 2 aromatic carbocycles. The Balaban J connectivity index is 1.65. The fourth-order valence-corrected chi connectivity index (χ4v) is 2.97. The highest BCUT2D eigenvalue weighted by atomic mass is 32.1. The van der Waals surface area contributed by atoms with Crippen LogP contribution in [0.25, 0.3) is 11.1 Å². The zero-order chi connectivity index (χ0) is 16.2. The van der Waals surface area contributed by atoms with Crippen molar-refractivity contribution in [2.24, 2.45) is 0 Å². The molecule has 0 fully saturated rings. The van der Waals surface area contributed by atoms with Crippen molar-refractivity contribution in [3.05, 3.63) is 65.2 Å². The van der Waals surface area contributed by atoms with Gasteiger partial charge in [0.1, 0.15) is 0 Å². The zero-order valence-electron chi connectivity index (χ0n) is 13.0. The number of amides is 2. The Morgan fingerprint density at radius 1 is 0.913 bits per heavy atom. The molecule has 0 unspecified atom stereocenters. The van der Waals surface area contributed by atoms with Gasteiger partial charge in [0, 0.05) is 10.6 Å². The number of nitrogens with one attached hydrogen (secondary N) is 2. The molecule has 0 saturated heterocycles. The van der Waals surface area contributed by atoms with E-state index in [0.717, 1.165) is 27.4 Å². The molecule has 0 aliphatic heterocycles. The van der Waals surface area contributed by atoms with Gasteiger partial charge in [-0.15, -0.1) is 11.3 Å². The number of anilines is 2. The molecule has 3 aromatic rings. The Morgan fingerprint density at radius 3 is 2.17 bits per heavy atom. The molecule has 1 heterocycles. The van der Waals surface area contributed by atoms with E-state index in [0.29, 0.717) is 5.13 Å². The number of thiazole rings is 1. The van der Waals surface area contributed by atoms with E-state index >= 15 is 0 Å². The summed E-state index contributed by atoms with van der Waals surface area (Å²) in [6, 6.07) is 17.6. The highest BCUT2D eigenvalue weighted by Gasteiger charge is 2.08. The fourth-order valence-electron chi connectivity index (χ4n) is 2.16. The summed E-state index contributed by atoms with van der Waals surface area (Å²) in [6.07, 6.45) is 0. The van der Waals surface area contributed by atoms with Gasteiger partial charge in [-0.25, -0.2) is 9.78 Å². The summed E-state index contributed by atoms with van der Waals surface area (Å²) in [5, 5.41) is 6.18. The Kier molecular flexibility index (Phi) is 4.39. The van der Waals surface area contributed by atoms with Gasteiger partial charge in [0.15, 0.2) is 5.13 Å². The number of aromatic nitrogens is 1. The molecule has 116 valence electrons. The van der Waals surface area contributed by atoms with E-state index in [1.54, 1.807) is 0 Å². The van der Waals surface area contributed by atoms with E-state index in [9.17, 15) is 4.79 Å². The number of hydrogen-bond donors (Lipinski definition) is 2. The number of benzene rings is 2. The molecule has 2 amide bonds. The van der Waals surface area contributed by atoms with Crippen LogP contribution >= 0.6 is 11.3 Å². The second kappa shape index (κ2) is 6.62. The largest absolute Gasteiger partial charge is 0.325 e.